The van der Waals surface area contributed by atoms with Gasteiger partial charge in [-0.3, -0.25) is 19.7 Å². The van der Waals surface area contributed by atoms with Crippen LogP contribution in [0, 0.1) is 27.4 Å². The van der Waals surface area contributed by atoms with Gasteiger partial charge >= 0.3 is 5.97 Å². The molecule has 2 atom stereocenters. The van der Waals surface area contributed by atoms with Crippen molar-refractivity contribution in [2.45, 2.75) is 33.6 Å². The van der Waals surface area contributed by atoms with E-state index in [9.17, 15) is 19.7 Å². The third-order valence-electron chi connectivity index (χ3n) is 3.54. The van der Waals surface area contributed by atoms with Crippen LogP contribution in [0.4, 0.5) is 0 Å². The minimum absolute atomic E-state index is 0.171. The first-order valence-electron chi connectivity index (χ1n) is 6.10. The van der Waals surface area contributed by atoms with Gasteiger partial charge < -0.3 is 4.74 Å². The first-order valence-corrected chi connectivity index (χ1v) is 6.10. The Labute approximate surface area is 106 Å². The lowest BCUT2D eigenvalue weighted by Gasteiger charge is -2.30. The number of carbonyl (C=O) groups is 2. The molecule has 1 saturated heterocycles. The summed E-state index contributed by atoms with van der Waals surface area (Å²) >= 11 is 0. The van der Waals surface area contributed by atoms with Crippen molar-refractivity contribution in [1.82, 2.24) is 0 Å². The smallest absolute Gasteiger partial charge is 0.320 e. The lowest BCUT2D eigenvalue weighted by atomic mass is 9.68. The molecular formula is C12H19NO5. The molecular weight excluding hydrogens is 238 g/mol. The summed E-state index contributed by atoms with van der Waals surface area (Å²) in [6.45, 7) is 4.96. The van der Waals surface area contributed by atoms with Gasteiger partial charge in [-0.25, -0.2) is 0 Å². The number of ketones is 1. The number of rotatable bonds is 6. The second-order valence-corrected chi connectivity index (χ2v) is 5.26. The normalized spacial score (nSPS) is 25.0. The van der Waals surface area contributed by atoms with Crippen LogP contribution in [0.1, 0.15) is 33.6 Å². The maximum absolute atomic E-state index is 11.9. The van der Waals surface area contributed by atoms with Crippen LogP contribution >= 0.6 is 0 Å². The van der Waals surface area contributed by atoms with E-state index in [1.807, 2.05) is 13.8 Å². The van der Waals surface area contributed by atoms with Crippen LogP contribution < -0.4 is 0 Å². The van der Waals surface area contributed by atoms with Gasteiger partial charge in [-0.05, 0) is 19.3 Å². The molecule has 1 fully saturated rings. The highest BCUT2D eigenvalue weighted by Crippen LogP contribution is 2.42. The van der Waals surface area contributed by atoms with Crippen molar-refractivity contribution in [3.05, 3.63) is 10.1 Å². The lowest BCUT2D eigenvalue weighted by Crippen LogP contribution is -2.45. The van der Waals surface area contributed by atoms with Crippen molar-refractivity contribution in [2.75, 3.05) is 13.2 Å². The first-order chi connectivity index (χ1) is 8.30. The van der Waals surface area contributed by atoms with Gasteiger partial charge in [0.2, 0.25) is 6.54 Å². The van der Waals surface area contributed by atoms with Gasteiger partial charge in [0.25, 0.3) is 0 Å². The molecule has 0 spiro atoms. The Bertz CT molecular complexity index is 365. The largest absolute Gasteiger partial charge is 0.465 e. The summed E-state index contributed by atoms with van der Waals surface area (Å²) in [6.07, 6.45) is 0.724. The first kappa shape index (κ1) is 14.6. The Balaban J connectivity index is 3.08. The molecule has 1 heterocycles. The van der Waals surface area contributed by atoms with E-state index in [0.29, 0.717) is 6.42 Å². The van der Waals surface area contributed by atoms with Gasteiger partial charge in [-0.15, -0.1) is 0 Å². The topological polar surface area (TPSA) is 86.5 Å². The SMILES string of the molecule is CC(=O)[C@@]1([C@@H](CC(C)C)C[N+](=O)[O-])CCOC1=O. The van der Waals surface area contributed by atoms with Gasteiger partial charge in [0.15, 0.2) is 0 Å². The summed E-state index contributed by atoms with van der Waals surface area (Å²) in [6, 6.07) is 0. The Hall–Kier alpha value is -1.46. The molecule has 1 aliphatic rings. The summed E-state index contributed by atoms with van der Waals surface area (Å²) in [5.74, 6) is -1.32. The monoisotopic (exact) mass is 257 g/mol. The van der Waals surface area contributed by atoms with Gasteiger partial charge in [0.05, 0.1) is 6.61 Å². The third kappa shape index (κ3) is 2.68. The molecule has 0 N–H and O–H groups in total. The average Bonchev–Trinajstić information content (AvgIpc) is 2.58. The van der Waals surface area contributed by atoms with Crippen LogP contribution in [0.3, 0.4) is 0 Å². The Morgan fingerprint density at radius 3 is 2.50 bits per heavy atom. The van der Waals surface area contributed by atoms with E-state index in [4.69, 9.17) is 4.74 Å². The lowest BCUT2D eigenvalue weighted by molar-refractivity contribution is -0.491. The third-order valence-corrected chi connectivity index (χ3v) is 3.54. The summed E-state index contributed by atoms with van der Waals surface area (Å²) in [4.78, 5) is 34.0. The number of cyclic esters (lactones) is 1. The number of nitro groups is 1. The van der Waals surface area contributed by atoms with Crippen LogP contribution in [0.15, 0.2) is 0 Å². The van der Waals surface area contributed by atoms with E-state index < -0.39 is 22.2 Å². The van der Waals surface area contributed by atoms with Crippen LogP contribution in [-0.4, -0.2) is 29.8 Å². The second kappa shape index (κ2) is 5.46. The number of esters is 1. The van der Waals surface area contributed by atoms with Crippen molar-refractivity contribution >= 4 is 11.8 Å². The van der Waals surface area contributed by atoms with Crippen molar-refractivity contribution in [3.8, 4) is 0 Å². The van der Waals surface area contributed by atoms with Crippen LogP contribution in [0.25, 0.3) is 0 Å². The minimum atomic E-state index is -1.31. The molecule has 0 saturated carbocycles. The standard InChI is InChI=1S/C12H19NO5/c1-8(2)6-10(7-13(16)17)12(9(3)14)4-5-18-11(12)15/h8,10H,4-7H2,1-3H3/t10-,12+/m0/s1. The fourth-order valence-corrected chi connectivity index (χ4v) is 2.69. The second-order valence-electron chi connectivity index (χ2n) is 5.26. The molecule has 0 aromatic carbocycles. The zero-order valence-electron chi connectivity index (χ0n) is 11.0. The maximum Gasteiger partial charge on any atom is 0.320 e. The van der Waals surface area contributed by atoms with E-state index in [2.05, 4.69) is 0 Å². The predicted octanol–water partition coefficient (Wildman–Crippen LogP) is 1.45. The van der Waals surface area contributed by atoms with E-state index in [0.717, 1.165) is 0 Å². The number of hydrogen-bond acceptors (Lipinski definition) is 5. The van der Waals surface area contributed by atoms with Gasteiger partial charge in [0, 0.05) is 17.3 Å². The Morgan fingerprint density at radius 2 is 2.17 bits per heavy atom. The molecule has 1 aliphatic heterocycles. The van der Waals surface area contributed by atoms with E-state index in [-0.39, 0.29) is 31.3 Å². The summed E-state index contributed by atoms with van der Waals surface area (Å²) in [5, 5.41) is 10.8. The number of ether oxygens (including phenoxy) is 1. The minimum Gasteiger partial charge on any atom is -0.465 e. The molecule has 1 rings (SSSR count). The number of carbonyl (C=O) groups excluding carboxylic acids is 2. The van der Waals surface area contributed by atoms with Crippen LogP contribution in [0.5, 0.6) is 0 Å². The number of hydrogen-bond donors (Lipinski definition) is 0. The Morgan fingerprint density at radius 1 is 1.56 bits per heavy atom. The Kier molecular flexibility index (Phi) is 4.43. The average molecular weight is 257 g/mol. The molecule has 0 unspecified atom stereocenters. The molecule has 0 aromatic rings. The fraction of sp³-hybridized carbons (Fsp3) is 0.833. The van der Waals surface area contributed by atoms with E-state index in [1.165, 1.54) is 6.92 Å². The summed E-state index contributed by atoms with van der Waals surface area (Å²) in [5.41, 5.74) is -1.31. The molecule has 0 radical (unpaired) electrons. The molecule has 0 aromatic heterocycles. The quantitative estimate of drug-likeness (QED) is 0.311. The molecule has 6 heteroatoms. The number of Topliss-reactive ketones (excluding diaryl/α,β-unsaturated/α-hetero) is 1. The molecule has 0 bridgehead atoms. The fourth-order valence-electron chi connectivity index (χ4n) is 2.69. The number of nitrogens with zero attached hydrogens (tertiary/aromatic N) is 1. The molecule has 0 amide bonds. The maximum atomic E-state index is 11.9. The van der Waals surface area contributed by atoms with Gasteiger partial charge in [-0.2, -0.15) is 0 Å². The molecule has 102 valence electrons. The predicted molar refractivity (Wildman–Crippen MR) is 63.5 cm³/mol. The zero-order valence-corrected chi connectivity index (χ0v) is 11.0. The van der Waals surface area contributed by atoms with E-state index in [1.54, 1.807) is 0 Å². The molecule has 18 heavy (non-hydrogen) atoms. The van der Waals surface area contributed by atoms with Crippen LogP contribution in [-0.2, 0) is 14.3 Å². The van der Waals surface area contributed by atoms with Crippen molar-refractivity contribution < 1.29 is 19.2 Å². The van der Waals surface area contributed by atoms with E-state index >= 15 is 0 Å². The van der Waals surface area contributed by atoms with Gasteiger partial charge in [-0.1, -0.05) is 13.8 Å². The highest BCUT2D eigenvalue weighted by atomic mass is 16.6. The van der Waals surface area contributed by atoms with Crippen LogP contribution in [0.2, 0.25) is 0 Å². The highest BCUT2D eigenvalue weighted by molar-refractivity contribution is 6.04. The highest BCUT2D eigenvalue weighted by Gasteiger charge is 2.56. The van der Waals surface area contributed by atoms with Crippen molar-refractivity contribution in [2.24, 2.45) is 17.3 Å². The van der Waals surface area contributed by atoms with Gasteiger partial charge in [0.1, 0.15) is 11.2 Å². The van der Waals surface area contributed by atoms with Crippen molar-refractivity contribution in [1.29, 1.82) is 0 Å². The zero-order chi connectivity index (χ0) is 13.9. The summed E-state index contributed by atoms with van der Waals surface area (Å²) in [7, 11) is 0. The molecule has 0 aliphatic carbocycles. The molecule has 6 nitrogen and oxygen atoms in total. The summed E-state index contributed by atoms with van der Waals surface area (Å²) < 4.78 is 4.89. The van der Waals surface area contributed by atoms with Crippen molar-refractivity contribution in [3.63, 3.8) is 0 Å².